The number of nitrogens with one attached hydrogen (secondary N) is 2. The molecule has 4 bridgehead atoms. The Hall–Kier alpha value is -0.280. The summed E-state index contributed by atoms with van der Waals surface area (Å²) in [6.45, 7) is 2.05. The van der Waals surface area contributed by atoms with Gasteiger partial charge in [-0.05, 0) is 81.1 Å². The van der Waals surface area contributed by atoms with Crippen molar-refractivity contribution < 1.29 is 4.79 Å². The van der Waals surface area contributed by atoms with Crippen molar-refractivity contribution in [3.05, 3.63) is 0 Å². The number of carbonyl (C=O) groups is 1. The molecule has 1 aliphatic heterocycles. The third kappa shape index (κ3) is 3.24. The molecule has 120 valence electrons. The molecule has 0 aromatic heterocycles. The minimum atomic E-state index is 0. The van der Waals surface area contributed by atoms with E-state index in [1.54, 1.807) is 0 Å². The number of carbonyl (C=O) groups excluding carboxylic acids is 1. The second kappa shape index (κ2) is 6.08. The summed E-state index contributed by atoms with van der Waals surface area (Å²) in [6, 6.07) is 0.436. The average Bonchev–Trinajstić information content (AvgIpc) is 2.88. The molecule has 4 saturated carbocycles. The Bertz CT molecular complexity index is 357. The fraction of sp³-hybridized carbons (Fsp3) is 0.941. The van der Waals surface area contributed by atoms with Gasteiger partial charge in [0.1, 0.15) is 0 Å². The second-order valence-corrected chi connectivity index (χ2v) is 8.19. The molecular weight excluding hydrogens is 284 g/mol. The summed E-state index contributed by atoms with van der Waals surface area (Å²) in [4.78, 5) is 12.1. The van der Waals surface area contributed by atoms with Gasteiger partial charge in [0.05, 0.1) is 0 Å². The molecule has 1 amide bonds. The summed E-state index contributed by atoms with van der Waals surface area (Å²) in [5.41, 5.74) is 0.480. The molecule has 0 aromatic carbocycles. The van der Waals surface area contributed by atoms with Crippen LogP contribution in [-0.2, 0) is 4.79 Å². The lowest BCUT2D eigenvalue weighted by Gasteiger charge is -2.56. The van der Waals surface area contributed by atoms with Crippen LogP contribution in [0.15, 0.2) is 0 Å². The zero-order valence-electron chi connectivity index (χ0n) is 12.9. The van der Waals surface area contributed by atoms with Gasteiger partial charge in [-0.3, -0.25) is 4.79 Å². The summed E-state index contributed by atoms with van der Waals surface area (Å²) in [6.07, 6.45) is 11.7. The van der Waals surface area contributed by atoms with E-state index in [4.69, 9.17) is 0 Å². The van der Waals surface area contributed by atoms with Crippen LogP contribution in [0.4, 0.5) is 0 Å². The van der Waals surface area contributed by atoms with Crippen molar-refractivity contribution in [1.82, 2.24) is 10.6 Å². The Labute approximate surface area is 134 Å². The van der Waals surface area contributed by atoms with Crippen LogP contribution in [-0.4, -0.2) is 25.0 Å². The highest BCUT2D eigenvalue weighted by atomic mass is 35.5. The first-order valence-electron chi connectivity index (χ1n) is 8.71. The maximum Gasteiger partial charge on any atom is 0.221 e. The van der Waals surface area contributed by atoms with Crippen LogP contribution in [0, 0.1) is 23.2 Å². The summed E-state index contributed by atoms with van der Waals surface area (Å²) in [7, 11) is 0. The van der Waals surface area contributed by atoms with Crippen molar-refractivity contribution in [2.75, 3.05) is 13.1 Å². The fourth-order valence-corrected chi connectivity index (χ4v) is 6.02. The molecule has 5 rings (SSSR count). The van der Waals surface area contributed by atoms with E-state index in [1.165, 1.54) is 51.4 Å². The van der Waals surface area contributed by atoms with E-state index < -0.39 is 0 Å². The van der Waals surface area contributed by atoms with Crippen LogP contribution in [0.1, 0.15) is 57.8 Å². The second-order valence-electron chi connectivity index (χ2n) is 8.19. The van der Waals surface area contributed by atoms with Crippen LogP contribution >= 0.6 is 12.4 Å². The van der Waals surface area contributed by atoms with Gasteiger partial charge in [-0.25, -0.2) is 0 Å². The molecule has 5 aliphatic rings. The number of halogens is 1. The molecule has 1 saturated heterocycles. The highest BCUT2D eigenvalue weighted by Crippen LogP contribution is 2.59. The normalized spacial score (nSPS) is 43.6. The molecule has 21 heavy (non-hydrogen) atoms. The van der Waals surface area contributed by atoms with Crippen molar-refractivity contribution in [2.24, 2.45) is 23.2 Å². The van der Waals surface area contributed by atoms with Gasteiger partial charge in [0, 0.05) is 19.0 Å². The highest BCUT2D eigenvalue weighted by molar-refractivity contribution is 5.85. The SMILES string of the molecule is Cl.O=C(CC1CCCN1)NCC12CC3CC(CC(C3)C1)C2. The third-order valence-electron chi connectivity index (χ3n) is 6.42. The van der Waals surface area contributed by atoms with Crippen molar-refractivity contribution in [2.45, 2.75) is 63.8 Å². The van der Waals surface area contributed by atoms with Crippen LogP contribution in [0.25, 0.3) is 0 Å². The monoisotopic (exact) mass is 312 g/mol. The van der Waals surface area contributed by atoms with E-state index in [2.05, 4.69) is 10.6 Å². The maximum absolute atomic E-state index is 12.1. The summed E-state index contributed by atoms with van der Waals surface area (Å²) >= 11 is 0. The molecule has 0 aromatic rings. The third-order valence-corrected chi connectivity index (χ3v) is 6.42. The van der Waals surface area contributed by atoms with Gasteiger partial charge in [0.15, 0.2) is 0 Å². The van der Waals surface area contributed by atoms with E-state index in [0.717, 1.165) is 30.8 Å². The molecule has 5 fully saturated rings. The molecule has 1 atom stereocenters. The predicted molar refractivity (Wildman–Crippen MR) is 86.5 cm³/mol. The molecular formula is C17H29ClN2O. The Kier molecular flexibility index (Phi) is 4.52. The fourth-order valence-electron chi connectivity index (χ4n) is 6.02. The molecule has 1 unspecified atom stereocenters. The molecule has 1 heterocycles. The zero-order valence-corrected chi connectivity index (χ0v) is 13.7. The van der Waals surface area contributed by atoms with Gasteiger partial charge in [-0.1, -0.05) is 0 Å². The Morgan fingerprint density at radius 3 is 2.24 bits per heavy atom. The van der Waals surface area contributed by atoms with Gasteiger partial charge >= 0.3 is 0 Å². The molecule has 2 N–H and O–H groups in total. The molecule has 4 heteroatoms. The van der Waals surface area contributed by atoms with E-state index in [-0.39, 0.29) is 18.3 Å². The number of amides is 1. The lowest BCUT2D eigenvalue weighted by molar-refractivity contribution is -0.123. The van der Waals surface area contributed by atoms with Gasteiger partial charge in [0.25, 0.3) is 0 Å². The van der Waals surface area contributed by atoms with Gasteiger partial charge < -0.3 is 10.6 Å². The molecule has 4 aliphatic carbocycles. The summed E-state index contributed by atoms with van der Waals surface area (Å²) < 4.78 is 0. The van der Waals surface area contributed by atoms with Crippen LogP contribution in [0.3, 0.4) is 0 Å². The zero-order chi connectivity index (χ0) is 13.6. The maximum atomic E-state index is 12.1. The molecule has 0 radical (unpaired) electrons. The van der Waals surface area contributed by atoms with Crippen molar-refractivity contribution in [3.8, 4) is 0 Å². The smallest absolute Gasteiger partial charge is 0.221 e. The first-order chi connectivity index (χ1) is 9.71. The number of hydrogen-bond acceptors (Lipinski definition) is 2. The minimum absolute atomic E-state index is 0. The summed E-state index contributed by atoms with van der Waals surface area (Å²) in [5, 5.41) is 6.71. The minimum Gasteiger partial charge on any atom is -0.355 e. The van der Waals surface area contributed by atoms with E-state index in [9.17, 15) is 4.79 Å². The van der Waals surface area contributed by atoms with Crippen molar-refractivity contribution in [1.29, 1.82) is 0 Å². The van der Waals surface area contributed by atoms with Gasteiger partial charge in [0.2, 0.25) is 5.91 Å². The van der Waals surface area contributed by atoms with Crippen molar-refractivity contribution >= 4 is 18.3 Å². The number of hydrogen-bond donors (Lipinski definition) is 2. The molecule has 3 nitrogen and oxygen atoms in total. The Morgan fingerprint density at radius 2 is 1.71 bits per heavy atom. The predicted octanol–water partition coefficient (Wildman–Crippen LogP) is 2.88. The Morgan fingerprint density at radius 1 is 1.10 bits per heavy atom. The van der Waals surface area contributed by atoms with Gasteiger partial charge in [-0.15, -0.1) is 12.4 Å². The standard InChI is InChI=1S/C17H28N2O.ClH/c20-16(7-15-2-1-3-18-15)19-11-17-8-12-4-13(9-17)6-14(5-12)10-17;/h12-15,18H,1-11H2,(H,19,20);1H. The summed E-state index contributed by atoms with van der Waals surface area (Å²) in [5.74, 6) is 3.22. The van der Waals surface area contributed by atoms with Crippen LogP contribution < -0.4 is 10.6 Å². The van der Waals surface area contributed by atoms with Crippen LogP contribution in [0.2, 0.25) is 0 Å². The first kappa shape index (κ1) is 15.6. The van der Waals surface area contributed by atoms with Crippen LogP contribution in [0.5, 0.6) is 0 Å². The highest BCUT2D eigenvalue weighted by Gasteiger charge is 2.50. The largest absolute Gasteiger partial charge is 0.355 e. The molecule has 0 spiro atoms. The lowest BCUT2D eigenvalue weighted by atomic mass is 9.49. The van der Waals surface area contributed by atoms with Gasteiger partial charge in [-0.2, -0.15) is 0 Å². The van der Waals surface area contributed by atoms with E-state index in [1.807, 2.05) is 0 Å². The number of rotatable bonds is 4. The first-order valence-corrected chi connectivity index (χ1v) is 8.71. The van der Waals surface area contributed by atoms with E-state index in [0.29, 0.717) is 17.9 Å². The van der Waals surface area contributed by atoms with Crippen molar-refractivity contribution in [3.63, 3.8) is 0 Å². The topological polar surface area (TPSA) is 41.1 Å². The quantitative estimate of drug-likeness (QED) is 0.838. The lowest BCUT2D eigenvalue weighted by Crippen LogP contribution is -2.51. The Balaban J connectivity index is 0.00000132. The average molecular weight is 313 g/mol. The van der Waals surface area contributed by atoms with E-state index >= 15 is 0 Å².